The van der Waals surface area contributed by atoms with Crippen LogP contribution in [0, 0.1) is 0 Å². The van der Waals surface area contributed by atoms with E-state index in [1.54, 1.807) is 11.8 Å². The second-order valence-corrected chi connectivity index (χ2v) is 10.0. The van der Waals surface area contributed by atoms with Gasteiger partial charge in [-0.1, -0.05) is 73.5 Å². The lowest BCUT2D eigenvalue weighted by atomic mass is 10.1. The molecule has 0 aliphatic carbocycles. The van der Waals surface area contributed by atoms with Gasteiger partial charge in [-0.3, -0.25) is 9.47 Å². The predicted molar refractivity (Wildman–Crippen MR) is 155 cm³/mol. The van der Waals surface area contributed by atoms with Gasteiger partial charge in [0.25, 0.3) is 0 Å². The first-order valence-electron chi connectivity index (χ1n) is 12.1. The summed E-state index contributed by atoms with van der Waals surface area (Å²) in [6.45, 7) is 7.90. The van der Waals surface area contributed by atoms with Crippen molar-refractivity contribution in [3.63, 3.8) is 0 Å². The third kappa shape index (κ3) is 3.39. The van der Waals surface area contributed by atoms with Crippen LogP contribution in [0.15, 0.2) is 120 Å². The number of hydrogen-bond acceptors (Lipinski definition) is 4. The van der Waals surface area contributed by atoms with Gasteiger partial charge in [0.05, 0.1) is 22.4 Å². The summed E-state index contributed by atoms with van der Waals surface area (Å²) in [5.41, 5.74) is 6.54. The zero-order valence-electron chi connectivity index (χ0n) is 20.0. The molecule has 5 heteroatoms. The van der Waals surface area contributed by atoms with Gasteiger partial charge in [-0.25, -0.2) is 0 Å². The summed E-state index contributed by atoms with van der Waals surface area (Å²) in [5, 5.41) is 11.8. The first kappa shape index (κ1) is 21.7. The molecule has 3 heterocycles. The van der Waals surface area contributed by atoms with Crippen LogP contribution in [0.5, 0.6) is 0 Å². The van der Waals surface area contributed by atoms with Gasteiger partial charge in [-0.05, 0) is 71.8 Å². The monoisotopic (exact) mass is 494 g/mol. The fraction of sp³-hybridized carbons (Fsp3) is 0. The minimum atomic E-state index is 0.773. The number of fused-ring (bicyclic) bond motifs is 5. The highest BCUT2D eigenvalue weighted by Crippen LogP contribution is 2.50. The largest absolute Gasteiger partial charge is 0.292 e. The first-order chi connectivity index (χ1) is 18.2. The summed E-state index contributed by atoms with van der Waals surface area (Å²) in [6, 6.07) is 33.7. The van der Waals surface area contributed by atoms with E-state index >= 15 is 0 Å². The van der Waals surface area contributed by atoms with Crippen LogP contribution >= 0.6 is 11.8 Å². The Morgan fingerprint density at radius 2 is 1.11 bits per heavy atom. The minimum Gasteiger partial charge on any atom is -0.292 e. The number of aromatic nitrogens is 3. The molecule has 1 aliphatic heterocycles. The molecule has 0 atom stereocenters. The Morgan fingerprint density at radius 3 is 1.62 bits per heavy atom. The second kappa shape index (κ2) is 8.50. The van der Waals surface area contributed by atoms with Crippen molar-refractivity contribution < 1.29 is 0 Å². The molecule has 0 saturated heterocycles. The van der Waals surface area contributed by atoms with E-state index < -0.39 is 0 Å². The number of benzene rings is 4. The van der Waals surface area contributed by atoms with Gasteiger partial charge in [0.1, 0.15) is 0 Å². The highest BCUT2D eigenvalue weighted by atomic mass is 32.2. The van der Waals surface area contributed by atoms with Crippen LogP contribution in [0.3, 0.4) is 0 Å². The topological polar surface area (TPSA) is 34.0 Å². The molecule has 37 heavy (non-hydrogen) atoms. The van der Waals surface area contributed by atoms with Crippen LogP contribution in [0.1, 0.15) is 11.1 Å². The van der Waals surface area contributed by atoms with Gasteiger partial charge in [0.2, 0.25) is 0 Å². The zero-order chi connectivity index (χ0) is 24.9. The molecular weight excluding hydrogens is 472 g/mol. The maximum atomic E-state index is 4.75. The van der Waals surface area contributed by atoms with Crippen LogP contribution in [-0.2, 0) is 0 Å². The average Bonchev–Trinajstić information content (AvgIpc) is 3.28. The van der Waals surface area contributed by atoms with Crippen molar-refractivity contribution in [3.8, 4) is 5.82 Å². The highest BCUT2D eigenvalue weighted by Gasteiger charge is 2.25. The Morgan fingerprint density at radius 1 is 0.595 bits per heavy atom. The van der Waals surface area contributed by atoms with Gasteiger partial charge in [-0.15, -0.1) is 10.2 Å². The molecule has 176 valence electrons. The van der Waals surface area contributed by atoms with Gasteiger partial charge >= 0.3 is 0 Å². The number of para-hydroxylation sites is 2. The molecule has 1 aliphatic rings. The van der Waals surface area contributed by atoms with Crippen molar-refractivity contribution in [1.29, 1.82) is 0 Å². The summed E-state index contributed by atoms with van der Waals surface area (Å²) in [4.78, 5) is 4.59. The number of hydrogen-bond donors (Lipinski definition) is 0. The summed E-state index contributed by atoms with van der Waals surface area (Å²) < 4.78 is 2.18. The summed E-state index contributed by atoms with van der Waals surface area (Å²) in [6.07, 6.45) is 3.75. The number of nitrogens with zero attached hydrogens (tertiary/aromatic N) is 4. The molecule has 0 unspecified atom stereocenters. The van der Waals surface area contributed by atoms with Crippen molar-refractivity contribution in [2.45, 2.75) is 9.79 Å². The average molecular weight is 495 g/mol. The standard InChI is InChI=1S/C32H22N4S/c1-3-21-13-15-25-23(19-21)24-20-22(4-2)14-16-26(24)35(25)31-17-18-32(34-33-31)36-27-9-5-7-11-29(27)37-30-12-8-6-10-28(30)36/h3-20H,1-2H2. The summed E-state index contributed by atoms with van der Waals surface area (Å²) in [7, 11) is 0. The van der Waals surface area contributed by atoms with E-state index in [1.165, 1.54) is 9.79 Å². The summed E-state index contributed by atoms with van der Waals surface area (Å²) >= 11 is 1.78. The molecule has 0 fully saturated rings. The molecular formula is C32H22N4S. The number of anilines is 3. The van der Waals surface area contributed by atoms with Crippen LogP contribution < -0.4 is 4.90 Å². The Bertz CT molecular complexity index is 1740. The highest BCUT2D eigenvalue weighted by molar-refractivity contribution is 7.99. The molecule has 7 rings (SSSR count). The molecule has 2 aromatic heterocycles. The van der Waals surface area contributed by atoms with Gasteiger partial charge in [0.15, 0.2) is 11.6 Å². The quantitative estimate of drug-likeness (QED) is 0.245. The molecule has 4 aromatic carbocycles. The summed E-state index contributed by atoms with van der Waals surface area (Å²) in [5.74, 6) is 1.56. The molecule has 0 radical (unpaired) electrons. The van der Waals surface area contributed by atoms with Crippen LogP contribution in [0.25, 0.3) is 39.8 Å². The Hall–Kier alpha value is -4.61. The molecule has 6 aromatic rings. The fourth-order valence-electron chi connectivity index (χ4n) is 5.07. The molecule has 0 bridgehead atoms. The fourth-order valence-corrected chi connectivity index (χ4v) is 6.13. The lowest BCUT2D eigenvalue weighted by Gasteiger charge is -2.31. The maximum absolute atomic E-state index is 4.75. The third-order valence-electron chi connectivity index (χ3n) is 6.81. The Labute approximate surface area is 219 Å². The van der Waals surface area contributed by atoms with Gasteiger partial charge < -0.3 is 0 Å². The smallest absolute Gasteiger partial charge is 0.160 e. The third-order valence-corrected chi connectivity index (χ3v) is 7.94. The maximum Gasteiger partial charge on any atom is 0.160 e. The SMILES string of the molecule is C=Cc1ccc2c(c1)c1cc(C=C)ccc1n2-c1ccc(N2c3ccccc3Sc3ccccc32)nn1. The van der Waals surface area contributed by atoms with E-state index in [-0.39, 0.29) is 0 Å². The van der Waals surface area contributed by atoms with E-state index in [1.807, 2.05) is 12.2 Å². The first-order valence-corrected chi connectivity index (χ1v) is 12.9. The lowest BCUT2D eigenvalue weighted by Crippen LogP contribution is -2.16. The normalized spacial score (nSPS) is 12.4. The molecule has 0 saturated carbocycles. The minimum absolute atomic E-state index is 0.773. The van der Waals surface area contributed by atoms with E-state index in [4.69, 9.17) is 10.2 Å². The zero-order valence-corrected chi connectivity index (χ0v) is 20.8. The Kier molecular flexibility index (Phi) is 4.98. The van der Waals surface area contributed by atoms with Crippen LogP contribution in [-0.4, -0.2) is 14.8 Å². The number of rotatable bonds is 4. The van der Waals surface area contributed by atoms with Gasteiger partial charge in [0, 0.05) is 20.6 Å². The lowest BCUT2D eigenvalue weighted by molar-refractivity contribution is 0.936. The van der Waals surface area contributed by atoms with Crippen LogP contribution in [0.4, 0.5) is 17.2 Å². The second-order valence-electron chi connectivity index (χ2n) is 8.92. The van der Waals surface area contributed by atoms with Crippen molar-refractivity contribution in [3.05, 3.63) is 121 Å². The molecule has 4 nitrogen and oxygen atoms in total. The predicted octanol–water partition coefficient (Wildman–Crippen LogP) is 8.79. The molecule has 0 spiro atoms. The van der Waals surface area contributed by atoms with Crippen molar-refractivity contribution in [2.24, 2.45) is 0 Å². The van der Waals surface area contributed by atoms with E-state index in [2.05, 4.69) is 120 Å². The van der Waals surface area contributed by atoms with E-state index in [9.17, 15) is 0 Å². The van der Waals surface area contributed by atoms with Crippen molar-refractivity contribution in [2.75, 3.05) is 4.90 Å². The molecule has 0 N–H and O–H groups in total. The molecule has 0 amide bonds. The van der Waals surface area contributed by atoms with Crippen LogP contribution in [0.2, 0.25) is 0 Å². The van der Waals surface area contributed by atoms with E-state index in [0.29, 0.717) is 0 Å². The van der Waals surface area contributed by atoms with Crippen molar-refractivity contribution in [1.82, 2.24) is 14.8 Å². The van der Waals surface area contributed by atoms with E-state index in [0.717, 1.165) is 55.9 Å². The van der Waals surface area contributed by atoms with Gasteiger partial charge in [-0.2, -0.15) is 0 Å². The van der Waals surface area contributed by atoms with Crippen molar-refractivity contribution >= 4 is 62.9 Å². The Balaban J connectivity index is 1.40.